The minimum absolute atomic E-state index is 0.176. The van der Waals surface area contributed by atoms with Gasteiger partial charge in [-0.3, -0.25) is 0 Å². The zero-order valence-corrected chi connectivity index (χ0v) is 21.9. The zero-order chi connectivity index (χ0) is 23.5. The topological polar surface area (TPSA) is 51.2 Å². The first-order chi connectivity index (χ1) is 14.5. The van der Waals surface area contributed by atoms with Crippen LogP contribution in [0.2, 0.25) is 0 Å². The van der Waals surface area contributed by atoms with Gasteiger partial charge in [0.15, 0.2) is 0 Å². The van der Waals surface area contributed by atoms with Gasteiger partial charge in [0.1, 0.15) is 0 Å². The Morgan fingerprint density at radius 3 is 1.77 bits per heavy atom. The molecule has 1 fully saturated rings. The number of ether oxygens (including phenoxy) is 3. The van der Waals surface area contributed by atoms with Gasteiger partial charge >= 0.3 is 0 Å². The number of hydrogen-bond acceptors (Lipinski definition) is 5. The summed E-state index contributed by atoms with van der Waals surface area (Å²) in [5, 5.41) is 12.0. The van der Waals surface area contributed by atoms with Crippen LogP contribution in [0.25, 0.3) is 0 Å². The van der Waals surface area contributed by atoms with E-state index >= 15 is 0 Å². The largest absolute Gasteiger partial charge is 0.379 e. The highest BCUT2D eigenvalue weighted by molar-refractivity contribution is 4.97. The molecular formula is C26H53NO4. The lowest BCUT2D eigenvalue weighted by Crippen LogP contribution is -2.60. The standard InChI is InChI=1S/C26H53NO4/c1-9-21(3)29-16-14-12-11-13-15-17-30-22(4)18-23(10-2)31-24-19-25(5,6)27(28)26(7,8)20-24/h21-24,28H,9-20H2,1-8H3. The van der Waals surface area contributed by atoms with Crippen molar-refractivity contribution < 1.29 is 19.4 Å². The molecule has 0 aromatic rings. The molecule has 1 saturated heterocycles. The van der Waals surface area contributed by atoms with Crippen molar-refractivity contribution in [3.05, 3.63) is 0 Å². The van der Waals surface area contributed by atoms with Gasteiger partial charge in [0.2, 0.25) is 0 Å². The number of hydroxylamine groups is 2. The van der Waals surface area contributed by atoms with Crippen LogP contribution in [0.5, 0.6) is 0 Å². The third-order valence-corrected chi connectivity index (χ3v) is 6.70. The van der Waals surface area contributed by atoms with Gasteiger partial charge in [-0.25, -0.2) is 0 Å². The molecule has 0 aliphatic carbocycles. The molecule has 3 unspecified atom stereocenters. The van der Waals surface area contributed by atoms with E-state index < -0.39 is 0 Å². The number of piperidine rings is 1. The van der Waals surface area contributed by atoms with Gasteiger partial charge < -0.3 is 19.4 Å². The van der Waals surface area contributed by atoms with Crippen molar-refractivity contribution >= 4 is 0 Å². The van der Waals surface area contributed by atoms with E-state index in [1.54, 1.807) is 0 Å². The van der Waals surface area contributed by atoms with Gasteiger partial charge in [0, 0.05) is 24.3 Å². The van der Waals surface area contributed by atoms with Crippen molar-refractivity contribution in [3.63, 3.8) is 0 Å². The van der Waals surface area contributed by atoms with Crippen LogP contribution in [-0.2, 0) is 14.2 Å². The maximum Gasteiger partial charge on any atom is 0.0615 e. The van der Waals surface area contributed by atoms with E-state index in [0.717, 1.165) is 51.7 Å². The average molecular weight is 444 g/mol. The Bertz CT molecular complexity index is 450. The normalized spacial score (nSPS) is 22.4. The Kier molecular flexibility index (Phi) is 13.2. The van der Waals surface area contributed by atoms with Crippen LogP contribution in [0.15, 0.2) is 0 Å². The Labute approximate surface area is 193 Å². The molecule has 0 saturated carbocycles. The van der Waals surface area contributed by atoms with E-state index in [9.17, 15) is 5.21 Å². The van der Waals surface area contributed by atoms with Gasteiger partial charge in [0.05, 0.1) is 24.4 Å². The van der Waals surface area contributed by atoms with Crippen molar-refractivity contribution in [1.82, 2.24) is 5.06 Å². The van der Waals surface area contributed by atoms with Crippen molar-refractivity contribution in [3.8, 4) is 0 Å². The summed E-state index contributed by atoms with van der Waals surface area (Å²) in [5.74, 6) is 0. The number of unbranched alkanes of at least 4 members (excludes halogenated alkanes) is 4. The Morgan fingerprint density at radius 2 is 1.29 bits per heavy atom. The number of nitrogens with zero attached hydrogens (tertiary/aromatic N) is 1. The van der Waals surface area contributed by atoms with Crippen molar-refractivity contribution in [2.45, 2.75) is 155 Å². The lowest BCUT2D eigenvalue weighted by atomic mass is 9.80. The molecule has 1 rings (SSSR count). The van der Waals surface area contributed by atoms with Crippen LogP contribution in [0.3, 0.4) is 0 Å². The summed E-state index contributed by atoms with van der Waals surface area (Å²) < 4.78 is 18.3. The second-order valence-corrected chi connectivity index (χ2v) is 10.9. The summed E-state index contributed by atoms with van der Waals surface area (Å²) in [7, 11) is 0. The third kappa shape index (κ3) is 11.0. The molecule has 0 radical (unpaired) electrons. The molecule has 5 heteroatoms. The van der Waals surface area contributed by atoms with E-state index in [4.69, 9.17) is 14.2 Å². The average Bonchev–Trinajstić information content (AvgIpc) is 2.69. The highest BCUT2D eigenvalue weighted by atomic mass is 16.5. The first-order valence-electron chi connectivity index (χ1n) is 12.9. The van der Waals surface area contributed by atoms with E-state index in [0.29, 0.717) is 6.10 Å². The van der Waals surface area contributed by atoms with Crippen LogP contribution in [0.1, 0.15) is 120 Å². The summed E-state index contributed by atoms with van der Waals surface area (Å²) in [6, 6.07) is 0. The van der Waals surface area contributed by atoms with Crippen LogP contribution in [0, 0.1) is 0 Å². The van der Waals surface area contributed by atoms with E-state index in [2.05, 4.69) is 55.4 Å². The van der Waals surface area contributed by atoms with Crippen LogP contribution in [-0.4, -0.2) is 59.0 Å². The molecule has 1 heterocycles. The Hall–Kier alpha value is -0.200. The van der Waals surface area contributed by atoms with Gasteiger partial charge in [0.25, 0.3) is 0 Å². The molecule has 0 spiro atoms. The molecule has 0 amide bonds. The highest BCUT2D eigenvalue weighted by Gasteiger charge is 2.45. The second kappa shape index (κ2) is 14.1. The van der Waals surface area contributed by atoms with Gasteiger partial charge in [-0.2, -0.15) is 5.06 Å². The van der Waals surface area contributed by atoms with E-state index in [1.165, 1.54) is 30.7 Å². The first-order valence-corrected chi connectivity index (χ1v) is 12.9. The summed E-state index contributed by atoms with van der Waals surface area (Å²) >= 11 is 0. The lowest BCUT2D eigenvalue weighted by molar-refractivity contribution is -0.265. The number of rotatable bonds is 16. The third-order valence-electron chi connectivity index (χ3n) is 6.70. The molecule has 1 aliphatic rings. The van der Waals surface area contributed by atoms with E-state index in [1.807, 2.05) is 0 Å². The molecule has 5 nitrogen and oxygen atoms in total. The van der Waals surface area contributed by atoms with Crippen molar-refractivity contribution in [2.24, 2.45) is 0 Å². The fourth-order valence-electron chi connectivity index (χ4n) is 4.73. The number of hydrogen-bond donors (Lipinski definition) is 1. The molecule has 0 bridgehead atoms. The van der Waals surface area contributed by atoms with Crippen molar-refractivity contribution in [2.75, 3.05) is 13.2 Å². The van der Waals surface area contributed by atoms with E-state index in [-0.39, 0.29) is 29.4 Å². The van der Waals surface area contributed by atoms with Crippen LogP contribution in [0.4, 0.5) is 0 Å². The summed E-state index contributed by atoms with van der Waals surface area (Å²) in [6.45, 7) is 18.8. The molecule has 3 atom stereocenters. The first kappa shape index (κ1) is 28.8. The Balaban J connectivity index is 2.20. The minimum atomic E-state index is -0.271. The van der Waals surface area contributed by atoms with Gasteiger partial charge in [-0.15, -0.1) is 0 Å². The quantitative estimate of drug-likeness (QED) is 0.267. The lowest BCUT2D eigenvalue weighted by Gasteiger charge is -2.51. The molecule has 1 aliphatic heterocycles. The molecule has 0 aromatic heterocycles. The monoisotopic (exact) mass is 443 g/mol. The molecule has 31 heavy (non-hydrogen) atoms. The smallest absolute Gasteiger partial charge is 0.0615 e. The zero-order valence-electron chi connectivity index (χ0n) is 21.9. The van der Waals surface area contributed by atoms with Gasteiger partial charge in [-0.05, 0) is 86.5 Å². The van der Waals surface area contributed by atoms with Crippen LogP contribution < -0.4 is 0 Å². The molecule has 1 N–H and O–H groups in total. The summed E-state index contributed by atoms with van der Waals surface area (Å²) in [4.78, 5) is 0. The fraction of sp³-hybridized carbons (Fsp3) is 1.00. The molecule has 186 valence electrons. The predicted molar refractivity (Wildman–Crippen MR) is 129 cm³/mol. The fourth-order valence-corrected chi connectivity index (χ4v) is 4.73. The SMILES string of the molecule is CCC(C)OCCCCCCCOC(C)CC(CC)OC1CC(C)(C)N(O)C(C)(C)C1. The van der Waals surface area contributed by atoms with Crippen LogP contribution >= 0.6 is 0 Å². The Morgan fingerprint density at radius 1 is 0.806 bits per heavy atom. The maximum atomic E-state index is 10.5. The molecular weight excluding hydrogens is 390 g/mol. The summed E-state index contributed by atoms with van der Waals surface area (Å²) in [6.07, 6.45) is 11.7. The van der Waals surface area contributed by atoms with Crippen molar-refractivity contribution in [1.29, 1.82) is 0 Å². The minimum Gasteiger partial charge on any atom is -0.379 e. The highest BCUT2D eigenvalue weighted by Crippen LogP contribution is 2.38. The maximum absolute atomic E-state index is 10.5. The molecule has 0 aromatic carbocycles. The summed E-state index contributed by atoms with van der Waals surface area (Å²) in [5.41, 5.74) is -0.541. The second-order valence-electron chi connectivity index (χ2n) is 10.9. The van der Waals surface area contributed by atoms with Gasteiger partial charge in [-0.1, -0.05) is 33.1 Å². The predicted octanol–water partition coefficient (Wildman–Crippen LogP) is 6.75.